The van der Waals surface area contributed by atoms with E-state index in [1.165, 1.54) is 71.2 Å². The summed E-state index contributed by atoms with van der Waals surface area (Å²) in [6, 6.07) is 61.4. The highest BCUT2D eigenvalue weighted by Crippen LogP contribution is 2.43. The second-order valence-electron chi connectivity index (χ2n) is 12.9. The molecule has 11 aromatic rings. The topological polar surface area (TPSA) is 23.0 Å². The van der Waals surface area contributed by atoms with Crippen molar-refractivity contribution in [2.75, 3.05) is 0 Å². The van der Waals surface area contributed by atoms with Crippen LogP contribution in [0.4, 0.5) is 0 Å². The number of furan rings is 1. The monoisotopic (exact) mass is 624 g/mol. The summed E-state index contributed by atoms with van der Waals surface area (Å²) in [4.78, 5) is 0. The third kappa shape index (κ3) is 3.73. The molecule has 0 aliphatic rings. The Labute approximate surface area is 281 Å². The summed E-state index contributed by atoms with van der Waals surface area (Å²) in [6.45, 7) is 0. The van der Waals surface area contributed by atoms with Gasteiger partial charge in [0.1, 0.15) is 11.2 Å². The van der Waals surface area contributed by atoms with Gasteiger partial charge < -0.3 is 13.6 Å². The van der Waals surface area contributed by atoms with Crippen LogP contribution in [0.3, 0.4) is 0 Å². The van der Waals surface area contributed by atoms with Gasteiger partial charge >= 0.3 is 0 Å². The van der Waals surface area contributed by atoms with E-state index >= 15 is 0 Å². The van der Waals surface area contributed by atoms with Crippen LogP contribution in [0.25, 0.3) is 98.8 Å². The van der Waals surface area contributed by atoms with Gasteiger partial charge in [0, 0.05) is 43.4 Å². The van der Waals surface area contributed by atoms with Gasteiger partial charge in [-0.25, -0.2) is 0 Å². The van der Waals surface area contributed by atoms with E-state index in [4.69, 9.17) is 4.42 Å². The molecule has 0 spiro atoms. The quantitative estimate of drug-likeness (QED) is 0.192. The van der Waals surface area contributed by atoms with Crippen LogP contribution in [0.2, 0.25) is 0 Å². The lowest BCUT2D eigenvalue weighted by Crippen LogP contribution is -1.96. The Morgan fingerprint density at radius 3 is 1.94 bits per heavy atom. The summed E-state index contributed by atoms with van der Waals surface area (Å²) >= 11 is 0. The molecule has 0 amide bonds. The highest BCUT2D eigenvalue weighted by molar-refractivity contribution is 6.26. The summed E-state index contributed by atoms with van der Waals surface area (Å²) < 4.78 is 11.1. The zero-order valence-electron chi connectivity index (χ0n) is 26.5. The second-order valence-corrected chi connectivity index (χ2v) is 12.9. The van der Waals surface area contributed by atoms with Crippen LogP contribution in [-0.4, -0.2) is 9.13 Å². The standard InChI is InChI=1S/C46H28N2O/c1-2-15-33-29(11-1)12-10-21-39(33)48-40-19-6-3-16-34(40)36-24-25-42-45(46(36)48)37-18-4-7-20-41(37)47(42)32-14-9-13-30(27-32)31-23-26-44-38(28-31)35-17-5-8-22-43(35)49-44/h1-28H. The van der Waals surface area contributed by atoms with E-state index in [1.54, 1.807) is 0 Å². The number of aromatic nitrogens is 2. The summed E-state index contributed by atoms with van der Waals surface area (Å²) in [7, 11) is 0. The Morgan fingerprint density at radius 1 is 0.367 bits per heavy atom. The molecule has 3 heteroatoms. The highest BCUT2D eigenvalue weighted by Gasteiger charge is 2.21. The van der Waals surface area contributed by atoms with Crippen molar-refractivity contribution in [2.24, 2.45) is 0 Å². The van der Waals surface area contributed by atoms with Crippen LogP contribution in [-0.2, 0) is 0 Å². The normalized spacial score (nSPS) is 12.1. The molecule has 49 heavy (non-hydrogen) atoms. The SMILES string of the molecule is c1cc(-c2ccc3oc4ccccc4c3c2)cc(-n2c3ccccc3c3c2ccc2c4ccccc4n(-c4cccc5ccccc45)c23)c1. The smallest absolute Gasteiger partial charge is 0.135 e. The molecule has 11 rings (SSSR count). The van der Waals surface area contributed by atoms with E-state index in [1.807, 2.05) is 12.1 Å². The summed E-state index contributed by atoms with van der Waals surface area (Å²) in [5.41, 5.74) is 11.3. The van der Waals surface area contributed by atoms with Crippen molar-refractivity contribution in [1.29, 1.82) is 0 Å². The first kappa shape index (κ1) is 26.5. The number of hydrogen-bond acceptors (Lipinski definition) is 1. The third-order valence-corrected chi connectivity index (χ3v) is 10.3. The Bertz CT molecular complexity index is 3110. The van der Waals surface area contributed by atoms with Gasteiger partial charge in [-0.15, -0.1) is 0 Å². The van der Waals surface area contributed by atoms with Crippen molar-refractivity contribution in [3.8, 4) is 22.5 Å². The first-order chi connectivity index (χ1) is 24.3. The predicted octanol–water partition coefficient (Wildman–Crippen LogP) is 12.6. The average molecular weight is 625 g/mol. The molecule has 0 N–H and O–H groups in total. The van der Waals surface area contributed by atoms with Crippen molar-refractivity contribution in [3.05, 3.63) is 170 Å². The third-order valence-electron chi connectivity index (χ3n) is 10.3. The zero-order valence-corrected chi connectivity index (χ0v) is 26.5. The van der Waals surface area contributed by atoms with Gasteiger partial charge in [0.25, 0.3) is 0 Å². The lowest BCUT2D eigenvalue weighted by Gasteiger charge is -2.13. The lowest BCUT2D eigenvalue weighted by atomic mass is 10.0. The molecule has 0 saturated heterocycles. The van der Waals surface area contributed by atoms with Crippen molar-refractivity contribution in [2.45, 2.75) is 0 Å². The van der Waals surface area contributed by atoms with E-state index in [9.17, 15) is 0 Å². The Hall–Kier alpha value is -6.58. The molecule has 0 unspecified atom stereocenters. The largest absolute Gasteiger partial charge is 0.456 e. The highest BCUT2D eigenvalue weighted by atomic mass is 16.3. The van der Waals surface area contributed by atoms with Crippen LogP contribution in [0.1, 0.15) is 0 Å². The molecule has 3 nitrogen and oxygen atoms in total. The first-order valence-electron chi connectivity index (χ1n) is 16.8. The molecule has 0 aliphatic heterocycles. The zero-order chi connectivity index (χ0) is 32.1. The van der Waals surface area contributed by atoms with Gasteiger partial charge in [-0.2, -0.15) is 0 Å². The van der Waals surface area contributed by atoms with Crippen molar-refractivity contribution in [1.82, 2.24) is 9.13 Å². The molecule has 3 aromatic heterocycles. The second kappa shape index (κ2) is 9.96. The summed E-state index contributed by atoms with van der Waals surface area (Å²) in [5, 5.41) is 9.77. The fraction of sp³-hybridized carbons (Fsp3) is 0. The van der Waals surface area contributed by atoms with Crippen molar-refractivity contribution in [3.63, 3.8) is 0 Å². The maximum atomic E-state index is 6.14. The molecular weight excluding hydrogens is 597 g/mol. The number of hydrogen-bond donors (Lipinski definition) is 0. The molecule has 0 aliphatic carbocycles. The molecule has 228 valence electrons. The fourth-order valence-corrected chi connectivity index (χ4v) is 8.17. The van der Waals surface area contributed by atoms with Gasteiger partial charge in [0.15, 0.2) is 0 Å². The van der Waals surface area contributed by atoms with Crippen LogP contribution in [0.5, 0.6) is 0 Å². The number of benzene rings is 8. The minimum Gasteiger partial charge on any atom is -0.456 e. The molecule has 3 heterocycles. The molecule has 0 atom stereocenters. The molecule has 0 fully saturated rings. The summed E-state index contributed by atoms with van der Waals surface area (Å²) in [6.07, 6.45) is 0. The molecule has 0 radical (unpaired) electrons. The van der Waals surface area contributed by atoms with Crippen molar-refractivity contribution < 1.29 is 4.42 Å². The number of fused-ring (bicyclic) bond motifs is 11. The number of nitrogens with zero attached hydrogens (tertiary/aromatic N) is 2. The summed E-state index contributed by atoms with van der Waals surface area (Å²) in [5.74, 6) is 0. The maximum absolute atomic E-state index is 6.14. The van der Waals surface area contributed by atoms with E-state index in [0.29, 0.717) is 0 Å². The van der Waals surface area contributed by atoms with E-state index in [-0.39, 0.29) is 0 Å². The Balaban J connectivity index is 1.21. The van der Waals surface area contributed by atoms with Crippen LogP contribution in [0, 0.1) is 0 Å². The number of para-hydroxylation sites is 3. The molecule has 0 bridgehead atoms. The minimum absolute atomic E-state index is 0.911. The minimum atomic E-state index is 0.911. The molecular formula is C46H28N2O. The average Bonchev–Trinajstić information content (AvgIpc) is 3.82. The molecule has 8 aromatic carbocycles. The van der Waals surface area contributed by atoms with Crippen molar-refractivity contribution >= 4 is 76.3 Å². The van der Waals surface area contributed by atoms with Gasteiger partial charge in [-0.3, -0.25) is 0 Å². The van der Waals surface area contributed by atoms with Crippen LogP contribution in [0.15, 0.2) is 174 Å². The van der Waals surface area contributed by atoms with Gasteiger partial charge in [0.2, 0.25) is 0 Å². The van der Waals surface area contributed by atoms with E-state index in [2.05, 4.69) is 167 Å². The van der Waals surface area contributed by atoms with Gasteiger partial charge in [-0.05, 0) is 71.1 Å². The maximum Gasteiger partial charge on any atom is 0.135 e. The first-order valence-corrected chi connectivity index (χ1v) is 16.8. The lowest BCUT2D eigenvalue weighted by molar-refractivity contribution is 0.669. The Kier molecular flexibility index (Phi) is 5.38. The fourth-order valence-electron chi connectivity index (χ4n) is 8.17. The number of rotatable bonds is 3. The molecule has 0 saturated carbocycles. The Morgan fingerprint density at radius 2 is 1.04 bits per heavy atom. The van der Waals surface area contributed by atoms with Crippen LogP contribution >= 0.6 is 0 Å². The van der Waals surface area contributed by atoms with Gasteiger partial charge in [0.05, 0.1) is 27.8 Å². The van der Waals surface area contributed by atoms with Gasteiger partial charge in [-0.1, -0.05) is 115 Å². The van der Waals surface area contributed by atoms with E-state index in [0.717, 1.165) is 27.6 Å². The van der Waals surface area contributed by atoms with Crippen LogP contribution < -0.4 is 0 Å². The predicted molar refractivity (Wildman–Crippen MR) is 205 cm³/mol. The van der Waals surface area contributed by atoms with E-state index < -0.39 is 0 Å².